The molecule has 0 aliphatic carbocycles. The third-order valence-corrected chi connectivity index (χ3v) is 10.1. The highest BCUT2D eigenvalue weighted by molar-refractivity contribution is 6.74. The van der Waals surface area contributed by atoms with Gasteiger partial charge < -0.3 is 23.7 Å². The monoisotopic (exact) mass is 461 g/mol. The highest BCUT2D eigenvalue weighted by atomic mass is 28.4. The number of hydrogen-bond donors (Lipinski definition) is 2. The maximum Gasteiger partial charge on any atom is 0.412 e. The highest BCUT2D eigenvalue weighted by Gasteiger charge is 2.47. The van der Waals surface area contributed by atoms with Gasteiger partial charge in [-0.1, -0.05) is 20.8 Å². The van der Waals surface area contributed by atoms with E-state index in [4.69, 9.17) is 18.6 Å². The smallest absolute Gasteiger partial charge is 0.412 e. The van der Waals surface area contributed by atoms with E-state index in [1.165, 1.54) is 19.4 Å². The molecule has 1 aliphatic rings. The molecule has 0 radical (unpaired) electrons. The fraction of sp³-hybridized carbons (Fsp3) is 0.737. The number of amides is 1. The van der Waals surface area contributed by atoms with Crippen LogP contribution in [0, 0.1) is 0 Å². The molecule has 2 rings (SSSR count). The van der Waals surface area contributed by atoms with Gasteiger partial charge in [-0.2, -0.15) is 4.98 Å². The maximum atomic E-state index is 14.7. The molecular formula is C19H32FN3O7Si. The Morgan fingerprint density at radius 1 is 1.39 bits per heavy atom. The van der Waals surface area contributed by atoms with Gasteiger partial charge in [-0.05, 0) is 24.2 Å². The van der Waals surface area contributed by atoms with Crippen LogP contribution in [0.15, 0.2) is 17.1 Å². The Morgan fingerprint density at radius 3 is 2.65 bits per heavy atom. The summed E-state index contributed by atoms with van der Waals surface area (Å²) in [6.07, 6.45) is -5.14. The van der Waals surface area contributed by atoms with Gasteiger partial charge in [0.15, 0.2) is 20.7 Å². The number of ether oxygens (including phenoxy) is 3. The van der Waals surface area contributed by atoms with Crippen molar-refractivity contribution in [2.24, 2.45) is 0 Å². The van der Waals surface area contributed by atoms with Crippen molar-refractivity contribution in [3.05, 3.63) is 22.7 Å². The van der Waals surface area contributed by atoms with E-state index in [1.54, 1.807) is 0 Å². The number of nitrogens with one attached hydrogen (secondary N) is 1. The Bertz CT molecular complexity index is 814. The van der Waals surface area contributed by atoms with E-state index in [2.05, 4.69) is 31.1 Å². The molecule has 2 heterocycles. The minimum Gasteiger partial charge on any atom is -0.447 e. The first-order chi connectivity index (χ1) is 14.4. The molecule has 12 heteroatoms. The number of anilines is 1. The zero-order chi connectivity index (χ0) is 23.4. The number of nitrogens with zero attached hydrogens (tertiary/aromatic N) is 2. The summed E-state index contributed by atoms with van der Waals surface area (Å²) in [7, 11) is -0.661. The van der Waals surface area contributed by atoms with Crippen molar-refractivity contribution in [1.82, 2.24) is 9.55 Å². The van der Waals surface area contributed by atoms with E-state index in [9.17, 15) is 19.1 Å². The van der Waals surface area contributed by atoms with Gasteiger partial charge in [-0.15, -0.1) is 0 Å². The number of hydrogen-bond acceptors (Lipinski definition) is 8. The topological polar surface area (TPSA) is 121 Å². The van der Waals surface area contributed by atoms with Crippen molar-refractivity contribution in [2.75, 3.05) is 32.2 Å². The molecule has 0 bridgehead atoms. The van der Waals surface area contributed by atoms with Crippen molar-refractivity contribution < 1.29 is 32.9 Å². The normalized spacial score (nSPS) is 24.3. The third-order valence-electron chi connectivity index (χ3n) is 5.56. The molecule has 4 atom stereocenters. The number of aliphatic hydroxyl groups is 1. The lowest BCUT2D eigenvalue weighted by molar-refractivity contribution is -0.0466. The van der Waals surface area contributed by atoms with Crippen LogP contribution in [0.3, 0.4) is 0 Å². The minimum atomic E-state index is -2.13. The fourth-order valence-corrected chi connectivity index (χ4v) is 3.62. The van der Waals surface area contributed by atoms with Crippen molar-refractivity contribution in [2.45, 2.75) is 63.5 Å². The van der Waals surface area contributed by atoms with Gasteiger partial charge in [-0.3, -0.25) is 9.88 Å². The summed E-state index contributed by atoms with van der Waals surface area (Å²) in [6, 6.07) is 1.31. The molecule has 1 aromatic heterocycles. The third kappa shape index (κ3) is 6.32. The summed E-state index contributed by atoms with van der Waals surface area (Å²) < 4.78 is 36.9. The van der Waals surface area contributed by atoms with Crippen LogP contribution in [0.2, 0.25) is 18.1 Å². The minimum absolute atomic E-state index is 0.0176. The highest BCUT2D eigenvalue weighted by Crippen LogP contribution is 2.38. The molecule has 31 heavy (non-hydrogen) atoms. The number of methoxy groups -OCH3 is 1. The van der Waals surface area contributed by atoms with Crippen molar-refractivity contribution in [3.63, 3.8) is 0 Å². The first-order valence-corrected chi connectivity index (χ1v) is 12.9. The maximum absolute atomic E-state index is 14.7. The van der Waals surface area contributed by atoms with E-state index >= 15 is 0 Å². The van der Waals surface area contributed by atoms with Crippen LogP contribution in [0.1, 0.15) is 27.0 Å². The first-order valence-electron chi connectivity index (χ1n) is 10.0. The van der Waals surface area contributed by atoms with E-state index in [-0.39, 0.29) is 30.7 Å². The molecule has 0 spiro atoms. The van der Waals surface area contributed by atoms with Crippen LogP contribution >= 0.6 is 0 Å². The number of carbonyl (C=O) groups is 1. The Labute approximate surface area is 181 Å². The predicted octanol–water partition coefficient (Wildman–Crippen LogP) is 2.06. The molecular weight excluding hydrogens is 429 g/mol. The Kier molecular flexibility index (Phi) is 8.33. The van der Waals surface area contributed by atoms with E-state index < -0.39 is 44.7 Å². The van der Waals surface area contributed by atoms with Gasteiger partial charge >= 0.3 is 11.8 Å². The zero-order valence-corrected chi connectivity index (χ0v) is 19.8. The number of aliphatic hydroxyl groups excluding tert-OH is 1. The summed E-state index contributed by atoms with van der Waals surface area (Å²) in [6.45, 7) is 10.6. The van der Waals surface area contributed by atoms with Crippen LogP contribution in [-0.2, 0) is 18.6 Å². The van der Waals surface area contributed by atoms with E-state index in [0.29, 0.717) is 0 Å². The van der Waals surface area contributed by atoms with Gasteiger partial charge in [-0.25, -0.2) is 14.0 Å². The molecule has 1 saturated heterocycles. The summed E-state index contributed by atoms with van der Waals surface area (Å²) in [4.78, 5) is 27.7. The zero-order valence-electron chi connectivity index (χ0n) is 18.8. The molecule has 1 amide bonds. The second-order valence-corrected chi connectivity index (χ2v) is 13.6. The molecule has 10 nitrogen and oxygen atoms in total. The van der Waals surface area contributed by atoms with E-state index in [1.807, 2.05) is 13.1 Å². The van der Waals surface area contributed by atoms with Crippen LogP contribution in [0.4, 0.5) is 15.0 Å². The lowest BCUT2D eigenvalue weighted by Gasteiger charge is -2.37. The number of carbonyl (C=O) groups excluding carboxylic acids is 1. The number of alkyl halides is 1. The average Bonchev–Trinajstić information content (AvgIpc) is 2.94. The molecule has 2 N–H and O–H groups in total. The van der Waals surface area contributed by atoms with Gasteiger partial charge in [0.05, 0.1) is 13.2 Å². The van der Waals surface area contributed by atoms with Crippen LogP contribution in [0.5, 0.6) is 0 Å². The van der Waals surface area contributed by atoms with Gasteiger partial charge in [0.2, 0.25) is 0 Å². The van der Waals surface area contributed by atoms with Crippen LogP contribution in [-0.4, -0.2) is 74.4 Å². The second-order valence-electron chi connectivity index (χ2n) is 8.83. The lowest BCUT2D eigenvalue weighted by atomic mass is 10.1. The summed E-state index contributed by atoms with van der Waals surface area (Å²) in [5.41, 5.74) is -0.847. The first kappa shape index (κ1) is 25.4. The number of aromatic nitrogens is 2. The number of halogens is 1. The largest absolute Gasteiger partial charge is 0.447 e. The Hall–Kier alpha value is -1.86. The molecule has 1 unspecified atom stereocenters. The predicted molar refractivity (Wildman–Crippen MR) is 113 cm³/mol. The Balaban J connectivity index is 2.04. The molecule has 1 aliphatic heterocycles. The standard InChI is InChI=1S/C19H32FN3O7Si/c1-19(2,3)31(5,6)29-11-12-15(24)14(20)16(30-12)23-8-7-13(21-17(23)25)22-18(26)28-10-9-27-4/h7-8,12,14-16,24H,9-11H2,1-6H3,(H,21,22,25,26)/t12-,14?,15-,16-/m1/s1. The fourth-order valence-electron chi connectivity index (χ4n) is 2.61. The van der Waals surface area contributed by atoms with Crippen LogP contribution in [0.25, 0.3) is 0 Å². The van der Waals surface area contributed by atoms with Gasteiger partial charge in [0, 0.05) is 13.3 Å². The molecule has 1 aromatic rings. The number of rotatable bonds is 8. The molecule has 1 fully saturated rings. The van der Waals surface area contributed by atoms with E-state index in [0.717, 1.165) is 4.57 Å². The molecule has 176 valence electrons. The molecule has 0 aromatic carbocycles. The Morgan fingerprint density at radius 2 is 2.06 bits per heavy atom. The SMILES string of the molecule is COCCOC(=O)Nc1ccn([C@@H]2O[C@H](CO[Si](C)(C)C(C)(C)C)[C@@H](O)C2F)c(=O)n1. The van der Waals surface area contributed by atoms with Crippen molar-refractivity contribution >= 4 is 20.2 Å². The van der Waals surface area contributed by atoms with Gasteiger partial charge in [0.1, 0.15) is 24.6 Å². The second kappa shape index (κ2) is 10.2. The quantitative estimate of drug-likeness (QED) is 0.446. The van der Waals surface area contributed by atoms with Gasteiger partial charge in [0.25, 0.3) is 0 Å². The lowest BCUT2D eigenvalue weighted by Crippen LogP contribution is -2.44. The summed E-state index contributed by atoms with van der Waals surface area (Å²) >= 11 is 0. The average molecular weight is 462 g/mol. The van der Waals surface area contributed by atoms with Crippen molar-refractivity contribution in [3.8, 4) is 0 Å². The van der Waals surface area contributed by atoms with Crippen molar-refractivity contribution in [1.29, 1.82) is 0 Å². The summed E-state index contributed by atoms with van der Waals surface area (Å²) in [5, 5.41) is 12.5. The van der Waals surface area contributed by atoms with Crippen LogP contribution < -0.4 is 11.0 Å². The molecule has 0 saturated carbocycles. The summed E-state index contributed by atoms with van der Waals surface area (Å²) in [5.74, 6) is -0.0598.